The fourth-order valence-electron chi connectivity index (χ4n) is 5.71. The molecule has 0 aliphatic carbocycles. The van der Waals surface area contributed by atoms with E-state index in [0.717, 1.165) is 38.9 Å². The van der Waals surface area contributed by atoms with Crippen LogP contribution in [0, 0.1) is 13.8 Å². The summed E-state index contributed by atoms with van der Waals surface area (Å²) in [5, 5.41) is 0. The van der Waals surface area contributed by atoms with Crippen LogP contribution < -0.4 is 4.74 Å². The molecule has 208 valence electrons. The average molecular weight is 544 g/mol. The van der Waals surface area contributed by atoms with Gasteiger partial charge in [0.2, 0.25) is 15.9 Å². The van der Waals surface area contributed by atoms with Crippen molar-refractivity contribution in [3.05, 3.63) is 59.2 Å². The fraction of sp³-hybridized carbons (Fsp3) is 0.552. The number of rotatable bonds is 10. The minimum absolute atomic E-state index is 0.0450. The standard InChI is InChI=1S/C29H41N3O5S/c1-22-16-27(36-4)17-23(2)29(22)38(34,35)32-14-9-8-12-26(32)20-37-21-28(33)30(3)25-13-15-31(19-25)18-24-10-6-5-7-11-24/h5-7,10-11,16-17,25-26H,8-9,12-15,18-21H2,1-4H3/t25-,26?/m0/s1. The number of benzene rings is 2. The molecule has 4 rings (SSSR count). The van der Waals surface area contributed by atoms with Gasteiger partial charge in [-0.1, -0.05) is 36.8 Å². The molecule has 0 spiro atoms. The van der Waals surface area contributed by atoms with Gasteiger partial charge < -0.3 is 14.4 Å². The van der Waals surface area contributed by atoms with Crippen molar-refractivity contribution in [2.45, 2.75) is 63.1 Å². The molecule has 2 aliphatic rings. The molecule has 2 aromatic carbocycles. The Hall–Kier alpha value is -2.46. The lowest BCUT2D eigenvalue weighted by Gasteiger charge is -2.35. The third-order valence-electron chi connectivity index (χ3n) is 7.78. The molecule has 0 saturated carbocycles. The lowest BCUT2D eigenvalue weighted by molar-refractivity contribution is -0.137. The number of amides is 1. The van der Waals surface area contributed by atoms with Crippen LogP contribution in [-0.2, 0) is 26.1 Å². The van der Waals surface area contributed by atoms with Gasteiger partial charge in [0.25, 0.3) is 0 Å². The molecule has 2 atom stereocenters. The van der Waals surface area contributed by atoms with Crippen LogP contribution in [-0.4, -0.2) is 87.5 Å². The maximum absolute atomic E-state index is 13.7. The van der Waals surface area contributed by atoms with Crippen molar-refractivity contribution in [1.29, 1.82) is 0 Å². The summed E-state index contributed by atoms with van der Waals surface area (Å²) in [4.78, 5) is 17.4. The van der Waals surface area contributed by atoms with Gasteiger partial charge in [-0.05, 0) is 61.9 Å². The van der Waals surface area contributed by atoms with Crippen molar-refractivity contribution in [2.75, 3.05) is 47.0 Å². The number of piperidine rings is 1. The zero-order valence-corrected chi connectivity index (χ0v) is 23.9. The largest absolute Gasteiger partial charge is 0.497 e. The van der Waals surface area contributed by atoms with E-state index in [9.17, 15) is 13.2 Å². The maximum Gasteiger partial charge on any atom is 0.248 e. The Morgan fingerprint density at radius 1 is 1.05 bits per heavy atom. The highest BCUT2D eigenvalue weighted by Gasteiger charge is 2.36. The van der Waals surface area contributed by atoms with E-state index >= 15 is 0 Å². The first kappa shape index (κ1) is 28.5. The van der Waals surface area contributed by atoms with E-state index < -0.39 is 10.0 Å². The number of hydrogen-bond acceptors (Lipinski definition) is 6. The molecule has 2 aliphatic heterocycles. The van der Waals surface area contributed by atoms with Crippen LogP contribution >= 0.6 is 0 Å². The Balaban J connectivity index is 1.32. The third kappa shape index (κ3) is 6.57. The number of likely N-dealkylation sites (N-methyl/N-ethyl adjacent to an activating group) is 1. The number of sulfonamides is 1. The molecule has 2 saturated heterocycles. The van der Waals surface area contributed by atoms with Crippen LogP contribution in [0.3, 0.4) is 0 Å². The van der Waals surface area contributed by atoms with Crippen molar-refractivity contribution in [2.24, 2.45) is 0 Å². The fourth-order valence-corrected chi connectivity index (χ4v) is 7.81. The smallest absolute Gasteiger partial charge is 0.248 e. The highest BCUT2D eigenvalue weighted by Crippen LogP contribution is 2.32. The number of aryl methyl sites for hydroxylation is 2. The number of carbonyl (C=O) groups is 1. The lowest BCUT2D eigenvalue weighted by atomic mass is 10.1. The number of carbonyl (C=O) groups excluding carboxylic acids is 1. The maximum atomic E-state index is 13.7. The summed E-state index contributed by atoms with van der Waals surface area (Å²) >= 11 is 0. The monoisotopic (exact) mass is 543 g/mol. The molecule has 2 heterocycles. The highest BCUT2D eigenvalue weighted by atomic mass is 32.2. The molecule has 0 radical (unpaired) electrons. The Labute approximate surface area is 227 Å². The summed E-state index contributed by atoms with van der Waals surface area (Å²) in [6, 6.07) is 13.8. The van der Waals surface area contributed by atoms with E-state index in [1.54, 1.807) is 42.3 Å². The second-order valence-corrected chi connectivity index (χ2v) is 12.4. The molecule has 9 heteroatoms. The topological polar surface area (TPSA) is 79.4 Å². The first-order valence-electron chi connectivity index (χ1n) is 13.5. The Morgan fingerprint density at radius 2 is 1.76 bits per heavy atom. The summed E-state index contributed by atoms with van der Waals surface area (Å²) in [7, 11) is -0.295. The average Bonchev–Trinajstić information content (AvgIpc) is 3.36. The van der Waals surface area contributed by atoms with Crippen LogP contribution in [0.4, 0.5) is 0 Å². The summed E-state index contributed by atoms with van der Waals surface area (Å²) in [5.41, 5.74) is 2.61. The molecular formula is C29H41N3O5S. The molecule has 1 unspecified atom stereocenters. The van der Waals surface area contributed by atoms with Gasteiger partial charge in [-0.2, -0.15) is 4.31 Å². The number of hydrogen-bond donors (Lipinski definition) is 0. The molecule has 0 N–H and O–H groups in total. The van der Waals surface area contributed by atoms with Crippen molar-refractivity contribution < 1.29 is 22.7 Å². The van der Waals surface area contributed by atoms with E-state index in [2.05, 4.69) is 17.0 Å². The van der Waals surface area contributed by atoms with Crippen LogP contribution in [0.1, 0.15) is 42.4 Å². The highest BCUT2D eigenvalue weighted by molar-refractivity contribution is 7.89. The van der Waals surface area contributed by atoms with E-state index in [1.165, 1.54) is 5.56 Å². The van der Waals surface area contributed by atoms with Gasteiger partial charge in [0.05, 0.1) is 18.6 Å². The van der Waals surface area contributed by atoms with E-state index in [4.69, 9.17) is 9.47 Å². The molecule has 8 nitrogen and oxygen atoms in total. The molecule has 1 amide bonds. The number of nitrogens with zero attached hydrogens (tertiary/aromatic N) is 3. The predicted octanol–water partition coefficient (Wildman–Crippen LogP) is 3.60. The zero-order valence-electron chi connectivity index (χ0n) is 23.1. The molecular weight excluding hydrogens is 502 g/mol. The van der Waals surface area contributed by atoms with Gasteiger partial charge in [0.1, 0.15) is 12.4 Å². The van der Waals surface area contributed by atoms with Crippen molar-refractivity contribution in [1.82, 2.24) is 14.1 Å². The number of methoxy groups -OCH3 is 1. The van der Waals surface area contributed by atoms with Gasteiger partial charge in [-0.15, -0.1) is 0 Å². The van der Waals surface area contributed by atoms with E-state index in [-0.39, 0.29) is 31.2 Å². The summed E-state index contributed by atoms with van der Waals surface area (Å²) in [6.07, 6.45) is 3.40. The Kier molecular flexibility index (Phi) is 9.46. The van der Waals surface area contributed by atoms with Crippen LogP contribution in [0.25, 0.3) is 0 Å². The third-order valence-corrected chi connectivity index (χ3v) is 10.0. The van der Waals surface area contributed by atoms with Crippen LogP contribution in [0.5, 0.6) is 5.75 Å². The second-order valence-electron chi connectivity index (χ2n) is 10.5. The van der Waals surface area contributed by atoms with E-state index in [1.807, 2.05) is 25.2 Å². The van der Waals surface area contributed by atoms with Gasteiger partial charge >= 0.3 is 0 Å². The number of likely N-dealkylation sites (tertiary alicyclic amines) is 1. The van der Waals surface area contributed by atoms with Crippen molar-refractivity contribution in [3.8, 4) is 5.75 Å². The lowest BCUT2D eigenvalue weighted by Crippen LogP contribution is -2.47. The van der Waals surface area contributed by atoms with Crippen molar-refractivity contribution >= 4 is 15.9 Å². The Morgan fingerprint density at radius 3 is 2.45 bits per heavy atom. The van der Waals surface area contributed by atoms with Gasteiger partial charge in [0.15, 0.2) is 0 Å². The predicted molar refractivity (Wildman–Crippen MR) is 148 cm³/mol. The van der Waals surface area contributed by atoms with Crippen LogP contribution in [0.15, 0.2) is 47.4 Å². The van der Waals surface area contributed by atoms with E-state index in [0.29, 0.717) is 34.7 Å². The molecule has 2 aromatic rings. The molecule has 0 bridgehead atoms. The normalized spacial score (nSPS) is 20.9. The van der Waals surface area contributed by atoms with Crippen LogP contribution in [0.2, 0.25) is 0 Å². The summed E-state index contributed by atoms with van der Waals surface area (Å²) in [6.45, 7) is 6.90. The van der Waals surface area contributed by atoms with Gasteiger partial charge in [-0.3, -0.25) is 9.69 Å². The SMILES string of the molecule is COc1cc(C)c(S(=O)(=O)N2CCCCC2COCC(=O)N(C)[C@H]2CCN(Cc3ccccc3)C2)c(C)c1. The first-order chi connectivity index (χ1) is 18.2. The van der Waals surface area contributed by atoms with Gasteiger partial charge in [0, 0.05) is 45.3 Å². The molecule has 2 fully saturated rings. The second kappa shape index (κ2) is 12.6. The minimum atomic E-state index is -3.71. The Bertz CT molecular complexity index is 1180. The van der Waals surface area contributed by atoms with Crippen molar-refractivity contribution in [3.63, 3.8) is 0 Å². The minimum Gasteiger partial charge on any atom is -0.497 e. The zero-order chi connectivity index (χ0) is 27.3. The van der Waals surface area contributed by atoms with Gasteiger partial charge in [-0.25, -0.2) is 8.42 Å². The summed E-state index contributed by atoms with van der Waals surface area (Å²) in [5.74, 6) is 0.578. The molecule has 0 aromatic heterocycles. The molecule has 38 heavy (non-hydrogen) atoms. The quantitative estimate of drug-likeness (QED) is 0.456. The number of ether oxygens (including phenoxy) is 2. The summed E-state index contributed by atoms with van der Waals surface area (Å²) < 4.78 is 40.2. The first-order valence-corrected chi connectivity index (χ1v) is 14.9.